The standard InChI is InChI=1S/C20H26N4O/c1-15-12-19(22-20(21-15)16-8-4-2-5-9-16)24-13-17(18(25)14-24)23-10-6-3-7-11-23/h2,4-5,8-9,12,17-18,25H,3,6-7,10-11,13-14H2,1H3/t17-,18-/m0/s1. The average Bonchev–Trinajstić information content (AvgIpc) is 3.04. The smallest absolute Gasteiger partial charge is 0.161 e. The van der Waals surface area contributed by atoms with Crippen molar-refractivity contribution in [2.75, 3.05) is 31.1 Å². The van der Waals surface area contributed by atoms with Crippen molar-refractivity contribution in [3.05, 3.63) is 42.1 Å². The predicted octanol–water partition coefficient (Wildman–Crippen LogP) is 2.49. The molecular formula is C20H26N4O. The van der Waals surface area contributed by atoms with Crippen molar-refractivity contribution in [1.29, 1.82) is 0 Å². The maximum atomic E-state index is 10.6. The first kappa shape index (κ1) is 16.5. The number of aliphatic hydroxyl groups excluding tert-OH is 1. The third-order valence-electron chi connectivity index (χ3n) is 5.32. The highest BCUT2D eigenvalue weighted by Crippen LogP contribution is 2.26. The van der Waals surface area contributed by atoms with Crippen LogP contribution in [0.3, 0.4) is 0 Å². The fourth-order valence-corrected chi connectivity index (χ4v) is 4.00. The van der Waals surface area contributed by atoms with E-state index in [0.717, 1.165) is 42.5 Å². The molecule has 1 N–H and O–H groups in total. The average molecular weight is 338 g/mol. The topological polar surface area (TPSA) is 52.5 Å². The minimum absolute atomic E-state index is 0.218. The number of likely N-dealkylation sites (tertiary alicyclic amines) is 1. The molecule has 0 spiro atoms. The zero-order valence-corrected chi connectivity index (χ0v) is 14.8. The Morgan fingerprint density at radius 2 is 1.76 bits per heavy atom. The van der Waals surface area contributed by atoms with Crippen molar-refractivity contribution in [3.8, 4) is 11.4 Å². The van der Waals surface area contributed by atoms with Crippen LogP contribution < -0.4 is 4.90 Å². The third-order valence-corrected chi connectivity index (χ3v) is 5.32. The summed E-state index contributed by atoms with van der Waals surface area (Å²) in [5.74, 6) is 1.68. The molecule has 4 rings (SSSR count). The summed E-state index contributed by atoms with van der Waals surface area (Å²) in [5, 5.41) is 10.6. The molecule has 0 radical (unpaired) electrons. The first-order valence-corrected chi connectivity index (χ1v) is 9.29. The van der Waals surface area contributed by atoms with Gasteiger partial charge in [0.25, 0.3) is 0 Å². The summed E-state index contributed by atoms with van der Waals surface area (Å²) in [6.07, 6.45) is 3.49. The van der Waals surface area contributed by atoms with Crippen LogP contribution in [0.2, 0.25) is 0 Å². The number of aromatic nitrogens is 2. The monoisotopic (exact) mass is 338 g/mol. The van der Waals surface area contributed by atoms with E-state index in [1.54, 1.807) is 0 Å². The van der Waals surface area contributed by atoms with E-state index >= 15 is 0 Å². The van der Waals surface area contributed by atoms with E-state index in [0.29, 0.717) is 6.54 Å². The molecule has 2 aromatic rings. The predicted molar refractivity (Wildman–Crippen MR) is 99.6 cm³/mol. The molecule has 2 fully saturated rings. The van der Waals surface area contributed by atoms with Gasteiger partial charge in [0.2, 0.25) is 0 Å². The van der Waals surface area contributed by atoms with Gasteiger partial charge in [0, 0.05) is 30.4 Å². The number of aliphatic hydroxyl groups is 1. The van der Waals surface area contributed by atoms with E-state index in [9.17, 15) is 5.11 Å². The number of nitrogens with zero attached hydrogens (tertiary/aromatic N) is 4. The van der Waals surface area contributed by atoms with E-state index in [-0.39, 0.29) is 12.1 Å². The summed E-state index contributed by atoms with van der Waals surface area (Å²) in [4.78, 5) is 14.0. The Kier molecular flexibility index (Phi) is 4.68. The van der Waals surface area contributed by atoms with E-state index in [1.807, 2.05) is 43.3 Å². The number of hydrogen-bond donors (Lipinski definition) is 1. The zero-order valence-electron chi connectivity index (χ0n) is 14.8. The quantitative estimate of drug-likeness (QED) is 0.932. The highest BCUT2D eigenvalue weighted by molar-refractivity contribution is 5.58. The van der Waals surface area contributed by atoms with Gasteiger partial charge in [-0.2, -0.15) is 0 Å². The van der Waals surface area contributed by atoms with E-state index in [1.165, 1.54) is 19.3 Å². The lowest BCUT2D eigenvalue weighted by molar-refractivity contribution is 0.0706. The molecule has 5 heteroatoms. The first-order chi connectivity index (χ1) is 12.2. The molecule has 0 aliphatic carbocycles. The number of benzene rings is 1. The van der Waals surface area contributed by atoms with Crippen LogP contribution in [0.15, 0.2) is 36.4 Å². The molecule has 25 heavy (non-hydrogen) atoms. The molecule has 0 unspecified atom stereocenters. The molecule has 5 nitrogen and oxygen atoms in total. The van der Waals surface area contributed by atoms with Crippen LogP contribution in [0.5, 0.6) is 0 Å². The highest BCUT2D eigenvalue weighted by Gasteiger charge is 2.36. The third kappa shape index (κ3) is 3.53. The van der Waals surface area contributed by atoms with Crippen LogP contribution >= 0.6 is 0 Å². The number of rotatable bonds is 3. The summed E-state index contributed by atoms with van der Waals surface area (Å²) in [6.45, 7) is 5.70. The van der Waals surface area contributed by atoms with E-state index in [2.05, 4.69) is 14.8 Å². The van der Waals surface area contributed by atoms with Gasteiger partial charge in [-0.15, -0.1) is 0 Å². The van der Waals surface area contributed by atoms with Crippen LogP contribution in [-0.2, 0) is 0 Å². The van der Waals surface area contributed by atoms with Crippen molar-refractivity contribution < 1.29 is 5.11 Å². The van der Waals surface area contributed by atoms with Gasteiger partial charge in [0.15, 0.2) is 5.82 Å². The van der Waals surface area contributed by atoms with Gasteiger partial charge < -0.3 is 10.0 Å². The maximum Gasteiger partial charge on any atom is 0.161 e. The summed E-state index contributed by atoms with van der Waals surface area (Å²) in [6, 6.07) is 12.3. The second-order valence-corrected chi connectivity index (χ2v) is 7.19. The lowest BCUT2D eigenvalue weighted by Gasteiger charge is -2.33. The van der Waals surface area contributed by atoms with Crippen molar-refractivity contribution >= 4 is 5.82 Å². The van der Waals surface area contributed by atoms with Crippen LogP contribution in [0.1, 0.15) is 25.0 Å². The van der Waals surface area contributed by atoms with Crippen molar-refractivity contribution in [3.63, 3.8) is 0 Å². The van der Waals surface area contributed by atoms with Gasteiger partial charge in [0.1, 0.15) is 5.82 Å². The molecule has 1 aromatic heterocycles. The lowest BCUT2D eigenvalue weighted by Crippen LogP contribution is -2.45. The Morgan fingerprint density at radius 3 is 2.52 bits per heavy atom. The molecule has 3 heterocycles. The fourth-order valence-electron chi connectivity index (χ4n) is 4.00. The summed E-state index contributed by atoms with van der Waals surface area (Å²) in [7, 11) is 0. The normalized spacial score (nSPS) is 24.6. The van der Waals surface area contributed by atoms with Crippen LogP contribution in [0.4, 0.5) is 5.82 Å². The minimum Gasteiger partial charge on any atom is -0.390 e. The number of β-amino-alcohol motifs (C(OH)–C–C–N with tert-alkyl or cyclic N) is 1. The largest absolute Gasteiger partial charge is 0.390 e. The van der Waals surface area contributed by atoms with Crippen molar-refractivity contribution in [2.24, 2.45) is 0 Å². The minimum atomic E-state index is -0.312. The molecule has 2 atom stereocenters. The molecule has 2 saturated heterocycles. The van der Waals surface area contributed by atoms with Gasteiger partial charge in [-0.3, -0.25) is 4.90 Å². The van der Waals surface area contributed by atoms with Gasteiger partial charge in [-0.1, -0.05) is 36.8 Å². The first-order valence-electron chi connectivity index (χ1n) is 9.29. The second-order valence-electron chi connectivity index (χ2n) is 7.19. The molecule has 0 bridgehead atoms. The van der Waals surface area contributed by atoms with Gasteiger partial charge in [-0.25, -0.2) is 9.97 Å². The van der Waals surface area contributed by atoms with Crippen molar-refractivity contribution in [1.82, 2.24) is 14.9 Å². The summed E-state index contributed by atoms with van der Waals surface area (Å²) >= 11 is 0. The van der Waals surface area contributed by atoms with Gasteiger partial charge in [-0.05, 0) is 32.9 Å². The zero-order chi connectivity index (χ0) is 17.2. The molecular weight excluding hydrogens is 312 g/mol. The molecule has 0 amide bonds. The Hall–Kier alpha value is -1.98. The van der Waals surface area contributed by atoms with Gasteiger partial charge >= 0.3 is 0 Å². The highest BCUT2D eigenvalue weighted by atomic mass is 16.3. The number of anilines is 1. The Balaban J connectivity index is 1.57. The van der Waals surface area contributed by atoms with Crippen molar-refractivity contribution in [2.45, 2.75) is 38.3 Å². The lowest BCUT2D eigenvalue weighted by atomic mass is 10.1. The van der Waals surface area contributed by atoms with Gasteiger partial charge in [0.05, 0.1) is 12.1 Å². The SMILES string of the molecule is Cc1cc(N2C[C@H](O)[C@@H](N3CCCCC3)C2)nc(-c2ccccc2)n1. The number of hydrogen-bond acceptors (Lipinski definition) is 5. The van der Waals surface area contributed by atoms with Crippen LogP contribution in [0, 0.1) is 6.92 Å². The van der Waals surface area contributed by atoms with E-state index < -0.39 is 0 Å². The number of aryl methyl sites for hydroxylation is 1. The number of piperidine rings is 1. The second kappa shape index (κ2) is 7.10. The molecule has 2 aliphatic rings. The van der Waals surface area contributed by atoms with Crippen LogP contribution in [0.25, 0.3) is 11.4 Å². The molecule has 1 aromatic carbocycles. The van der Waals surface area contributed by atoms with Crippen LogP contribution in [-0.4, -0.2) is 58.3 Å². The molecule has 132 valence electrons. The summed E-state index contributed by atoms with van der Waals surface area (Å²) in [5.41, 5.74) is 1.99. The Morgan fingerprint density at radius 1 is 1.00 bits per heavy atom. The molecule has 0 saturated carbocycles. The molecule has 2 aliphatic heterocycles. The Labute approximate surface area is 149 Å². The Bertz CT molecular complexity index is 715. The summed E-state index contributed by atoms with van der Waals surface area (Å²) < 4.78 is 0. The fraction of sp³-hybridized carbons (Fsp3) is 0.500. The maximum absolute atomic E-state index is 10.6. The van der Waals surface area contributed by atoms with E-state index in [4.69, 9.17) is 4.98 Å².